The fourth-order valence-corrected chi connectivity index (χ4v) is 2.57. The number of rotatable bonds is 2. The maximum atomic E-state index is 3.41. The maximum absolute atomic E-state index is 3.41. The first-order valence-corrected chi connectivity index (χ1v) is 6.54. The van der Waals surface area contributed by atoms with Gasteiger partial charge in [-0.15, -0.1) is 0 Å². The molecule has 0 bridgehead atoms. The molecule has 1 aromatic carbocycles. The molecule has 1 aliphatic heterocycles. The Morgan fingerprint density at radius 2 is 2.00 bits per heavy atom. The Kier molecular flexibility index (Phi) is 2.89. The molecule has 1 heteroatoms. The highest BCUT2D eigenvalue weighted by atomic mass is 14.9. The van der Waals surface area contributed by atoms with Crippen LogP contribution in [0, 0.1) is 0 Å². The molecule has 0 unspecified atom stereocenters. The minimum atomic E-state index is 1.14. The summed E-state index contributed by atoms with van der Waals surface area (Å²) in [7, 11) is 0. The Bertz CT molecular complexity index is 585. The second kappa shape index (κ2) is 4.69. The van der Waals surface area contributed by atoms with Crippen molar-refractivity contribution in [3.8, 4) is 0 Å². The van der Waals surface area contributed by atoms with Crippen LogP contribution < -0.4 is 5.32 Å². The first-order valence-electron chi connectivity index (χ1n) is 6.54. The highest BCUT2D eigenvalue weighted by Crippen LogP contribution is 2.32. The van der Waals surface area contributed by atoms with E-state index in [4.69, 9.17) is 0 Å². The fourth-order valence-electron chi connectivity index (χ4n) is 2.57. The molecule has 0 radical (unpaired) electrons. The molecule has 0 saturated heterocycles. The van der Waals surface area contributed by atoms with Gasteiger partial charge in [0.15, 0.2) is 0 Å². The van der Waals surface area contributed by atoms with Crippen LogP contribution in [-0.2, 0) is 0 Å². The van der Waals surface area contributed by atoms with E-state index in [0.29, 0.717) is 0 Å². The van der Waals surface area contributed by atoms with E-state index in [1.54, 1.807) is 0 Å². The summed E-state index contributed by atoms with van der Waals surface area (Å²) in [4.78, 5) is 0. The Morgan fingerprint density at radius 1 is 1.11 bits per heavy atom. The zero-order valence-electron chi connectivity index (χ0n) is 10.6. The van der Waals surface area contributed by atoms with Crippen molar-refractivity contribution in [2.45, 2.75) is 19.8 Å². The summed E-state index contributed by atoms with van der Waals surface area (Å²) in [5.41, 5.74) is 6.60. The lowest BCUT2D eigenvalue weighted by molar-refractivity contribution is 0.919. The van der Waals surface area contributed by atoms with Gasteiger partial charge >= 0.3 is 0 Å². The van der Waals surface area contributed by atoms with Crippen molar-refractivity contribution >= 4 is 11.8 Å². The summed E-state index contributed by atoms with van der Waals surface area (Å²) in [5, 5.41) is 3.41. The summed E-state index contributed by atoms with van der Waals surface area (Å²) in [6.45, 7) is 2.23. The van der Waals surface area contributed by atoms with Gasteiger partial charge in [0, 0.05) is 17.3 Å². The van der Waals surface area contributed by atoms with E-state index < -0.39 is 0 Å². The van der Waals surface area contributed by atoms with Crippen molar-refractivity contribution in [1.29, 1.82) is 0 Å². The topological polar surface area (TPSA) is 12.0 Å². The van der Waals surface area contributed by atoms with E-state index in [0.717, 1.165) is 6.42 Å². The molecular weight excluding hydrogens is 218 g/mol. The molecule has 0 saturated carbocycles. The lowest BCUT2D eigenvalue weighted by Crippen LogP contribution is -2.12. The maximum Gasteiger partial charge on any atom is 0.0535 e. The first-order chi connectivity index (χ1) is 8.90. The van der Waals surface area contributed by atoms with Gasteiger partial charge < -0.3 is 5.32 Å². The lowest BCUT2D eigenvalue weighted by atomic mass is 9.94. The van der Waals surface area contributed by atoms with Crippen LogP contribution in [0.15, 0.2) is 59.8 Å². The van der Waals surface area contributed by atoms with Crippen molar-refractivity contribution in [3.05, 3.63) is 71.0 Å². The Balaban J connectivity index is 2.10. The minimum Gasteiger partial charge on any atom is -0.361 e. The third kappa shape index (κ3) is 1.82. The standard InChI is InChI=1S/C17H17N/c1-2-6-13-8-5-10-16(13)17-15-9-4-3-7-14(15)11-12-18-17/h3-5,7-12,18H,2,6H2,1H3/b17-16+. The normalized spacial score (nSPS) is 20.6. The van der Waals surface area contributed by atoms with Gasteiger partial charge in [-0.05, 0) is 23.6 Å². The van der Waals surface area contributed by atoms with Crippen LogP contribution in [0.3, 0.4) is 0 Å². The van der Waals surface area contributed by atoms with Crippen molar-refractivity contribution in [3.63, 3.8) is 0 Å². The zero-order chi connectivity index (χ0) is 12.4. The van der Waals surface area contributed by atoms with Crippen molar-refractivity contribution in [2.24, 2.45) is 0 Å². The van der Waals surface area contributed by atoms with E-state index in [2.05, 4.69) is 60.8 Å². The largest absolute Gasteiger partial charge is 0.361 e. The second-order valence-electron chi connectivity index (χ2n) is 4.65. The zero-order valence-corrected chi connectivity index (χ0v) is 10.6. The van der Waals surface area contributed by atoms with Gasteiger partial charge in [0.1, 0.15) is 0 Å². The van der Waals surface area contributed by atoms with E-state index in [-0.39, 0.29) is 0 Å². The summed E-state index contributed by atoms with van der Waals surface area (Å²) >= 11 is 0. The molecule has 0 amide bonds. The Labute approximate surface area is 108 Å². The van der Waals surface area contributed by atoms with Gasteiger partial charge in [0.2, 0.25) is 0 Å². The molecule has 1 aromatic rings. The predicted octanol–water partition coefficient (Wildman–Crippen LogP) is 4.27. The van der Waals surface area contributed by atoms with Gasteiger partial charge in [-0.25, -0.2) is 0 Å². The van der Waals surface area contributed by atoms with Crippen LogP contribution in [-0.4, -0.2) is 0 Å². The fraction of sp³-hybridized carbons (Fsp3) is 0.176. The molecule has 1 heterocycles. The van der Waals surface area contributed by atoms with Crippen LogP contribution in [0.1, 0.15) is 30.9 Å². The van der Waals surface area contributed by atoms with Gasteiger partial charge in [0.05, 0.1) is 5.70 Å². The number of hydrogen-bond acceptors (Lipinski definition) is 1. The molecule has 18 heavy (non-hydrogen) atoms. The molecular formula is C17H17N. The molecule has 2 aliphatic rings. The molecule has 1 nitrogen and oxygen atoms in total. The van der Waals surface area contributed by atoms with Crippen LogP contribution in [0.5, 0.6) is 0 Å². The van der Waals surface area contributed by atoms with E-state index >= 15 is 0 Å². The van der Waals surface area contributed by atoms with Crippen molar-refractivity contribution in [1.82, 2.24) is 5.32 Å². The SMILES string of the molecule is CCCC1=CC=C/C1=C1\NC=Cc2ccccc21. The molecule has 1 aliphatic carbocycles. The highest BCUT2D eigenvalue weighted by molar-refractivity contribution is 5.83. The molecule has 0 fully saturated rings. The van der Waals surface area contributed by atoms with Gasteiger partial charge in [-0.1, -0.05) is 55.8 Å². The number of fused-ring (bicyclic) bond motifs is 1. The Hall–Kier alpha value is -2.02. The third-order valence-electron chi connectivity index (χ3n) is 3.42. The summed E-state index contributed by atoms with van der Waals surface area (Å²) in [5.74, 6) is 0. The van der Waals surface area contributed by atoms with Gasteiger partial charge in [-0.3, -0.25) is 0 Å². The smallest absolute Gasteiger partial charge is 0.0535 e. The van der Waals surface area contributed by atoms with Crippen LogP contribution >= 0.6 is 0 Å². The second-order valence-corrected chi connectivity index (χ2v) is 4.65. The average molecular weight is 235 g/mol. The van der Waals surface area contributed by atoms with Crippen LogP contribution in [0.25, 0.3) is 11.8 Å². The van der Waals surface area contributed by atoms with E-state index in [1.165, 1.54) is 34.4 Å². The lowest BCUT2D eigenvalue weighted by Gasteiger charge is -2.19. The minimum absolute atomic E-state index is 1.14. The van der Waals surface area contributed by atoms with Crippen molar-refractivity contribution < 1.29 is 0 Å². The molecule has 3 rings (SSSR count). The number of allylic oxidation sites excluding steroid dienone is 5. The van der Waals surface area contributed by atoms with Gasteiger partial charge in [-0.2, -0.15) is 0 Å². The Morgan fingerprint density at radius 3 is 2.89 bits per heavy atom. The van der Waals surface area contributed by atoms with Crippen LogP contribution in [0.4, 0.5) is 0 Å². The molecule has 0 spiro atoms. The number of nitrogens with one attached hydrogen (secondary N) is 1. The highest BCUT2D eigenvalue weighted by Gasteiger charge is 2.16. The molecule has 0 atom stereocenters. The van der Waals surface area contributed by atoms with E-state index in [9.17, 15) is 0 Å². The number of benzene rings is 1. The monoisotopic (exact) mass is 235 g/mol. The summed E-state index contributed by atoms with van der Waals surface area (Å²) in [6, 6.07) is 8.53. The quantitative estimate of drug-likeness (QED) is 0.807. The van der Waals surface area contributed by atoms with Crippen LogP contribution in [0.2, 0.25) is 0 Å². The summed E-state index contributed by atoms with van der Waals surface area (Å²) < 4.78 is 0. The van der Waals surface area contributed by atoms with E-state index in [1.807, 2.05) is 6.20 Å². The molecule has 1 N–H and O–H groups in total. The third-order valence-corrected chi connectivity index (χ3v) is 3.42. The molecule has 0 aromatic heterocycles. The van der Waals surface area contributed by atoms with Crippen molar-refractivity contribution in [2.75, 3.05) is 0 Å². The predicted molar refractivity (Wildman–Crippen MR) is 77.7 cm³/mol. The number of hydrogen-bond donors (Lipinski definition) is 1. The average Bonchev–Trinajstić information content (AvgIpc) is 2.87. The molecule has 90 valence electrons. The van der Waals surface area contributed by atoms with Gasteiger partial charge in [0.25, 0.3) is 0 Å². The first kappa shape index (κ1) is 11.1. The summed E-state index contributed by atoms with van der Waals surface area (Å²) in [6.07, 6.45) is 13.1.